The Morgan fingerprint density at radius 1 is 1.21 bits per heavy atom. The lowest BCUT2D eigenvalue weighted by Gasteiger charge is -2.07. The van der Waals surface area contributed by atoms with Crippen molar-refractivity contribution in [3.8, 4) is 17.1 Å². The van der Waals surface area contributed by atoms with E-state index < -0.39 is 5.82 Å². The van der Waals surface area contributed by atoms with Gasteiger partial charge in [-0.1, -0.05) is 12.1 Å². The van der Waals surface area contributed by atoms with Crippen LogP contribution >= 0.6 is 15.9 Å². The number of hydrogen-bond acceptors (Lipinski definition) is 2. The molecule has 0 fully saturated rings. The molecule has 0 spiro atoms. The third-order valence-corrected chi connectivity index (χ3v) is 3.56. The molecule has 1 N–H and O–H groups in total. The normalized spacial score (nSPS) is 10.9. The number of aromatic amines is 1. The summed E-state index contributed by atoms with van der Waals surface area (Å²) in [4.78, 5) is 7.51. The lowest BCUT2D eigenvalue weighted by atomic mass is 10.2. The molecule has 3 aromatic rings. The lowest BCUT2D eigenvalue weighted by Crippen LogP contribution is -1.93. The zero-order valence-electron chi connectivity index (χ0n) is 10.1. The van der Waals surface area contributed by atoms with Crippen LogP contribution < -0.4 is 4.74 Å². The van der Waals surface area contributed by atoms with Crippen molar-refractivity contribution < 1.29 is 9.13 Å². The van der Waals surface area contributed by atoms with Crippen LogP contribution in [0.25, 0.3) is 22.4 Å². The third-order valence-electron chi connectivity index (χ3n) is 2.90. The molecule has 0 bridgehead atoms. The average Bonchev–Trinajstić information content (AvgIpc) is 2.82. The molecule has 1 aromatic heterocycles. The molecule has 3 rings (SSSR count). The summed E-state index contributed by atoms with van der Waals surface area (Å²) in [5.41, 5.74) is 2.04. The summed E-state index contributed by atoms with van der Waals surface area (Å²) >= 11 is 3.35. The molecule has 96 valence electrons. The standard InChI is InChI=1S/C14H10BrFN2O/c1-19-11-7-6-8(15)12(13(11)16)14-17-9-4-2-3-5-10(9)18-14/h2-7H,1H3,(H,17,18). The van der Waals surface area contributed by atoms with Crippen LogP contribution in [0.15, 0.2) is 40.9 Å². The van der Waals surface area contributed by atoms with Gasteiger partial charge in [0.05, 0.1) is 23.7 Å². The Kier molecular flexibility index (Phi) is 2.98. The van der Waals surface area contributed by atoms with Crippen molar-refractivity contribution >= 4 is 27.0 Å². The zero-order valence-corrected chi connectivity index (χ0v) is 11.7. The van der Waals surface area contributed by atoms with E-state index >= 15 is 0 Å². The van der Waals surface area contributed by atoms with Gasteiger partial charge in [0.25, 0.3) is 0 Å². The first-order valence-corrected chi connectivity index (χ1v) is 6.47. The third kappa shape index (κ3) is 2.00. The Hall–Kier alpha value is -1.88. The van der Waals surface area contributed by atoms with Crippen molar-refractivity contribution in [1.82, 2.24) is 9.97 Å². The van der Waals surface area contributed by atoms with E-state index in [0.29, 0.717) is 15.9 Å². The van der Waals surface area contributed by atoms with Gasteiger partial charge in [0.1, 0.15) is 5.82 Å². The van der Waals surface area contributed by atoms with Crippen molar-refractivity contribution in [3.05, 3.63) is 46.7 Å². The highest BCUT2D eigenvalue weighted by molar-refractivity contribution is 9.10. The van der Waals surface area contributed by atoms with E-state index in [-0.39, 0.29) is 5.75 Å². The van der Waals surface area contributed by atoms with E-state index in [1.807, 2.05) is 24.3 Å². The molecule has 0 unspecified atom stereocenters. The summed E-state index contributed by atoms with van der Waals surface area (Å²) in [6.07, 6.45) is 0. The highest BCUT2D eigenvalue weighted by atomic mass is 79.9. The molecule has 0 aliphatic heterocycles. The fourth-order valence-corrected chi connectivity index (χ4v) is 2.47. The van der Waals surface area contributed by atoms with Gasteiger partial charge in [-0.15, -0.1) is 0 Å². The van der Waals surface area contributed by atoms with Crippen molar-refractivity contribution in [2.45, 2.75) is 0 Å². The predicted molar refractivity (Wildman–Crippen MR) is 75.7 cm³/mol. The van der Waals surface area contributed by atoms with Crippen molar-refractivity contribution in [2.24, 2.45) is 0 Å². The van der Waals surface area contributed by atoms with Gasteiger partial charge >= 0.3 is 0 Å². The lowest BCUT2D eigenvalue weighted by molar-refractivity contribution is 0.387. The molecule has 0 radical (unpaired) electrons. The first-order chi connectivity index (χ1) is 9.20. The Bertz CT molecular complexity index is 721. The molecule has 19 heavy (non-hydrogen) atoms. The molecule has 0 saturated carbocycles. The molecule has 0 amide bonds. The van der Waals surface area contributed by atoms with Gasteiger partial charge in [0, 0.05) is 4.47 Å². The number of rotatable bonds is 2. The van der Waals surface area contributed by atoms with E-state index in [1.165, 1.54) is 7.11 Å². The highest BCUT2D eigenvalue weighted by Gasteiger charge is 2.17. The minimum Gasteiger partial charge on any atom is -0.494 e. The maximum atomic E-state index is 14.3. The van der Waals surface area contributed by atoms with Gasteiger partial charge in [0.15, 0.2) is 11.6 Å². The molecule has 0 saturated heterocycles. The second-order valence-corrected chi connectivity index (χ2v) is 4.90. The van der Waals surface area contributed by atoms with Crippen LogP contribution in [0.1, 0.15) is 0 Å². The molecule has 1 heterocycles. The van der Waals surface area contributed by atoms with Crippen LogP contribution in [0, 0.1) is 5.82 Å². The molecule has 5 heteroatoms. The molecule has 0 aliphatic carbocycles. The first-order valence-electron chi connectivity index (χ1n) is 5.68. The topological polar surface area (TPSA) is 37.9 Å². The van der Waals surface area contributed by atoms with Gasteiger partial charge in [-0.2, -0.15) is 0 Å². The van der Waals surface area contributed by atoms with E-state index in [4.69, 9.17) is 4.74 Å². The summed E-state index contributed by atoms with van der Waals surface area (Å²) in [6, 6.07) is 10.9. The van der Waals surface area contributed by atoms with Crippen molar-refractivity contribution in [1.29, 1.82) is 0 Å². The van der Waals surface area contributed by atoms with Crippen LogP contribution in [0.5, 0.6) is 5.75 Å². The number of benzene rings is 2. The van der Waals surface area contributed by atoms with Crippen molar-refractivity contribution in [2.75, 3.05) is 7.11 Å². The highest BCUT2D eigenvalue weighted by Crippen LogP contribution is 2.34. The van der Waals surface area contributed by atoms with Crippen molar-refractivity contribution in [3.63, 3.8) is 0 Å². The summed E-state index contributed by atoms with van der Waals surface area (Å²) in [6.45, 7) is 0. The molecule has 3 nitrogen and oxygen atoms in total. The number of ether oxygens (including phenoxy) is 1. The van der Waals surface area contributed by atoms with E-state index in [1.54, 1.807) is 12.1 Å². The number of nitrogens with zero attached hydrogens (tertiary/aromatic N) is 1. The Balaban J connectivity index is 2.26. The molecular formula is C14H10BrFN2O. The smallest absolute Gasteiger partial charge is 0.177 e. The SMILES string of the molecule is COc1ccc(Br)c(-c2nc3ccccc3[nH]2)c1F. The molecule has 0 atom stereocenters. The summed E-state index contributed by atoms with van der Waals surface area (Å²) in [7, 11) is 1.44. The quantitative estimate of drug-likeness (QED) is 0.770. The first kappa shape index (κ1) is 12.2. The number of methoxy groups -OCH3 is 1. The number of nitrogens with one attached hydrogen (secondary N) is 1. The minimum atomic E-state index is -0.434. The maximum Gasteiger partial charge on any atom is 0.177 e. The number of para-hydroxylation sites is 2. The van der Waals surface area contributed by atoms with Gasteiger partial charge < -0.3 is 9.72 Å². The molecule has 2 aromatic carbocycles. The van der Waals surface area contributed by atoms with Gasteiger partial charge in [-0.25, -0.2) is 9.37 Å². The predicted octanol–water partition coefficient (Wildman–Crippen LogP) is 4.14. The van der Waals surface area contributed by atoms with Crippen LogP contribution in [-0.4, -0.2) is 17.1 Å². The number of hydrogen-bond donors (Lipinski definition) is 1. The second kappa shape index (κ2) is 4.66. The summed E-state index contributed by atoms with van der Waals surface area (Å²) in [5, 5.41) is 0. The van der Waals surface area contributed by atoms with Gasteiger partial charge in [-0.3, -0.25) is 0 Å². The number of imidazole rings is 1. The second-order valence-electron chi connectivity index (χ2n) is 4.04. The van der Waals surface area contributed by atoms with E-state index in [0.717, 1.165) is 11.0 Å². The largest absolute Gasteiger partial charge is 0.494 e. The monoisotopic (exact) mass is 320 g/mol. The Labute approximate surface area is 117 Å². The summed E-state index contributed by atoms with van der Waals surface area (Å²) in [5.74, 6) is 0.235. The summed E-state index contributed by atoms with van der Waals surface area (Å²) < 4.78 is 20.0. The Morgan fingerprint density at radius 3 is 2.74 bits per heavy atom. The fraction of sp³-hybridized carbons (Fsp3) is 0.0714. The zero-order chi connectivity index (χ0) is 13.4. The molecular weight excluding hydrogens is 311 g/mol. The van der Waals surface area contributed by atoms with E-state index in [2.05, 4.69) is 25.9 Å². The van der Waals surface area contributed by atoms with Crippen LogP contribution in [0.2, 0.25) is 0 Å². The number of aromatic nitrogens is 2. The average molecular weight is 321 g/mol. The Morgan fingerprint density at radius 2 is 2.00 bits per heavy atom. The number of fused-ring (bicyclic) bond motifs is 1. The van der Waals surface area contributed by atoms with Gasteiger partial charge in [0.2, 0.25) is 0 Å². The van der Waals surface area contributed by atoms with E-state index in [9.17, 15) is 4.39 Å². The van der Waals surface area contributed by atoms with Crippen LogP contribution in [0.3, 0.4) is 0 Å². The van der Waals surface area contributed by atoms with Crippen LogP contribution in [0.4, 0.5) is 4.39 Å². The minimum absolute atomic E-state index is 0.193. The maximum absolute atomic E-state index is 14.3. The fourth-order valence-electron chi connectivity index (χ4n) is 1.98. The molecule has 0 aliphatic rings. The van der Waals surface area contributed by atoms with Gasteiger partial charge in [-0.05, 0) is 40.2 Å². The van der Waals surface area contributed by atoms with Crippen LogP contribution in [-0.2, 0) is 0 Å². The number of H-pyrrole nitrogens is 1. The number of halogens is 2.